The molecule has 0 spiro atoms. The van der Waals surface area contributed by atoms with Crippen molar-refractivity contribution < 1.29 is 9.69 Å². The molecule has 2 rings (SSSR count). The summed E-state index contributed by atoms with van der Waals surface area (Å²) >= 11 is 0. The van der Waals surface area contributed by atoms with E-state index in [-0.39, 0.29) is 5.91 Å². The van der Waals surface area contributed by atoms with E-state index >= 15 is 0 Å². The van der Waals surface area contributed by atoms with Gasteiger partial charge in [-0.15, -0.1) is 0 Å². The summed E-state index contributed by atoms with van der Waals surface area (Å²) in [6.07, 6.45) is 0. The first-order chi connectivity index (χ1) is 10.0. The highest BCUT2D eigenvalue weighted by atomic mass is 16.2. The topological polar surface area (TPSA) is 33.5 Å². The summed E-state index contributed by atoms with van der Waals surface area (Å²) in [5.41, 5.74) is 4.40. The molecule has 21 heavy (non-hydrogen) atoms. The number of quaternary nitrogens is 1. The second-order valence-electron chi connectivity index (χ2n) is 5.66. The van der Waals surface area contributed by atoms with Gasteiger partial charge in [-0.3, -0.25) is 4.79 Å². The highest BCUT2D eigenvalue weighted by molar-refractivity contribution is 5.92. The number of carbonyl (C=O) groups is 1. The van der Waals surface area contributed by atoms with E-state index in [1.54, 1.807) is 0 Å². The maximum Gasteiger partial charge on any atom is 0.279 e. The molecule has 0 heterocycles. The van der Waals surface area contributed by atoms with Crippen molar-refractivity contribution in [1.29, 1.82) is 0 Å². The van der Waals surface area contributed by atoms with Gasteiger partial charge >= 0.3 is 0 Å². The van der Waals surface area contributed by atoms with Crippen LogP contribution < -0.4 is 10.2 Å². The average Bonchev–Trinajstić information content (AvgIpc) is 2.43. The van der Waals surface area contributed by atoms with Gasteiger partial charge in [0.2, 0.25) is 0 Å². The fourth-order valence-electron chi connectivity index (χ4n) is 2.35. The number of anilines is 1. The van der Waals surface area contributed by atoms with Crippen molar-refractivity contribution >= 4 is 11.6 Å². The number of aryl methyl sites for hydroxylation is 2. The van der Waals surface area contributed by atoms with Crippen molar-refractivity contribution in [2.24, 2.45) is 0 Å². The maximum atomic E-state index is 12.1. The van der Waals surface area contributed by atoms with Crippen molar-refractivity contribution in [2.45, 2.75) is 20.4 Å². The first kappa shape index (κ1) is 15.3. The number of hydrogen-bond acceptors (Lipinski definition) is 1. The van der Waals surface area contributed by atoms with Crippen LogP contribution in [0.2, 0.25) is 0 Å². The Morgan fingerprint density at radius 3 is 2.52 bits per heavy atom. The van der Waals surface area contributed by atoms with Crippen LogP contribution in [0, 0.1) is 13.8 Å². The van der Waals surface area contributed by atoms with Gasteiger partial charge in [-0.25, -0.2) is 0 Å². The Morgan fingerprint density at radius 2 is 1.81 bits per heavy atom. The average molecular weight is 283 g/mol. The van der Waals surface area contributed by atoms with Gasteiger partial charge in [0.1, 0.15) is 6.54 Å². The first-order valence-corrected chi connectivity index (χ1v) is 7.27. The van der Waals surface area contributed by atoms with Gasteiger partial charge in [-0.05, 0) is 31.0 Å². The van der Waals surface area contributed by atoms with Crippen molar-refractivity contribution in [2.75, 3.05) is 18.9 Å². The fraction of sp³-hybridized carbons (Fsp3) is 0.278. The summed E-state index contributed by atoms with van der Waals surface area (Å²) in [6, 6.07) is 16.3. The van der Waals surface area contributed by atoms with E-state index in [1.165, 1.54) is 10.5 Å². The van der Waals surface area contributed by atoms with E-state index in [0.29, 0.717) is 6.54 Å². The molecule has 0 radical (unpaired) electrons. The molecule has 110 valence electrons. The minimum atomic E-state index is 0.0529. The minimum Gasteiger partial charge on any atom is -0.326 e. The monoisotopic (exact) mass is 283 g/mol. The lowest BCUT2D eigenvalue weighted by molar-refractivity contribution is -0.885. The predicted octanol–water partition coefficient (Wildman–Crippen LogP) is 1.96. The zero-order chi connectivity index (χ0) is 15.2. The summed E-state index contributed by atoms with van der Waals surface area (Å²) in [7, 11) is 2.04. The molecule has 0 aliphatic heterocycles. The molecule has 1 amide bonds. The molecule has 2 aromatic rings. The van der Waals surface area contributed by atoms with E-state index in [0.717, 1.165) is 23.4 Å². The van der Waals surface area contributed by atoms with E-state index < -0.39 is 0 Å². The predicted molar refractivity (Wildman–Crippen MR) is 86.4 cm³/mol. The Labute approximate surface area is 126 Å². The second kappa shape index (κ2) is 7.04. The lowest BCUT2D eigenvalue weighted by Gasteiger charge is -2.15. The largest absolute Gasteiger partial charge is 0.326 e. The molecule has 2 aromatic carbocycles. The molecule has 3 nitrogen and oxygen atoms in total. The highest BCUT2D eigenvalue weighted by Crippen LogP contribution is 2.15. The van der Waals surface area contributed by atoms with E-state index in [2.05, 4.69) is 23.5 Å². The fourth-order valence-corrected chi connectivity index (χ4v) is 2.35. The van der Waals surface area contributed by atoms with Crippen molar-refractivity contribution in [3.05, 3.63) is 65.2 Å². The molecule has 0 saturated heterocycles. The van der Waals surface area contributed by atoms with Crippen LogP contribution in [0.15, 0.2) is 48.5 Å². The number of benzene rings is 2. The number of likely N-dealkylation sites (N-methyl/N-ethyl adjacent to an activating group) is 1. The lowest BCUT2D eigenvalue weighted by atomic mass is 10.1. The molecule has 0 aliphatic carbocycles. The van der Waals surface area contributed by atoms with Crippen molar-refractivity contribution in [3.8, 4) is 0 Å². The molecule has 0 aliphatic rings. The first-order valence-electron chi connectivity index (χ1n) is 7.27. The van der Waals surface area contributed by atoms with Crippen LogP contribution in [0.3, 0.4) is 0 Å². The van der Waals surface area contributed by atoms with Crippen LogP contribution in [0.1, 0.15) is 16.7 Å². The SMILES string of the molecule is Cc1ccc(C)c(NC(=O)C[NH+](C)Cc2ccccc2)c1. The molecular formula is C18H23N2O+. The summed E-state index contributed by atoms with van der Waals surface area (Å²) in [4.78, 5) is 13.3. The van der Waals surface area contributed by atoms with Gasteiger partial charge in [-0.2, -0.15) is 0 Å². The van der Waals surface area contributed by atoms with Gasteiger partial charge in [-0.1, -0.05) is 42.5 Å². The smallest absolute Gasteiger partial charge is 0.279 e. The van der Waals surface area contributed by atoms with Gasteiger partial charge in [0.25, 0.3) is 5.91 Å². The molecule has 0 fully saturated rings. The number of amides is 1. The van der Waals surface area contributed by atoms with Crippen LogP contribution in [-0.4, -0.2) is 19.5 Å². The van der Waals surface area contributed by atoms with E-state index in [1.807, 2.05) is 51.2 Å². The number of rotatable bonds is 5. The third kappa shape index (κ3) is 4.72. The van der Waals surface area contributed by atoms with Crippen molar-refractivity contribution in [1.82, 2.24) is 0 Å². The Bertz CT molecular complexity index is 608. The highest BCUT2D eigenvalue weighted by Gasteiger charge is 2.11. The molecule has 1 unspecified atom stereocenters. The standard InChI is InChI=1S/C18H22N2O/c1-14-9-10-15(2)17(11-14)19-18(21)13-20(3)12-16-7-5-4-6-8-16/h4-11H,12-13H2,1-3H3,(H,19,21)/p+1. The summed E-state index contributed by atoms with van der Waals surface area (Å²) < 4.78 is 0. The summed E-state index contributed by atoms with van der Waals surface area (Å²) in [6.45, 7) is 5.35. The van der Waals surface area contributed by atoms with E-state index in [4.69, 9.17) is 0 Å². The Hall–Kier alpha value is -2.13. The van der Waals surface area contributed by atoms with Gasteiger partial charge in [0, 0.05) is 11.3 Å². The molecule has 0 saturated carbocycles. The van der Waals surface area contributed by atoms with Crippen LogP contribution in [0.5, 0.6) is 0 Å². The number of nitrogens with one attached hydrogen (secondary N) is 2. The Kier molecular flexibility index (Phi) is 5.12. The zero-order valence-corrected chi connectivity index (χ0v) is 12.9. The Morgan fingerprint density at radius 1 is 1.10 bits per heavy atom. The quantitative estimate of drug-likeness (QED) is 0.864. The van der Waals surface area contributed by atoms with Crippen LogP contribution in [0.25, 0.3) is 0 Å². The van der Waals surface area contributed by atoms with E-state index in [9.17, 15) is 4.79 Å². The molecule has 3 heteroatoms. The maximum absolute atomic E-state index is 12.1. The summed E-state index contributed by atoms with van der Waals surface area (Å²) in [5.74, 6) is 0.0529. The molecule has 1 atom stereocenters. The van der Waals surface area contributed by atoms with Gasteiger partial charge < -0.3 is 10.2 Å². The molecular weight excluding hydrogens is 260 g/mol. The van der Waals surface area contributed by atoms with Crippen molar-refractivity contribution in [3.63, 3.8) is 0 Å². The van der Waals surface area contributed by atoms with Gasteiger partial charge in [0.05, 0.1) is 7.05 Å². The third-order valence-corrected chi connectivity index (χ3v) is 3.48. The lowest BCUT2D eigenvalue weighted by Crippen LogP contribution is -3.08. The summed E-state index contributed by atoms with van der Waals surface area (Å²) in [5, 5.41) is 3.01. The second-order valence-corrected chi connectivity index (χ2v) is 5.66. The molecule has 2 N–H and O–H groups in total. The van der Waals surface area contributed by atoms with Crippen LogP contribution in [0.4, 0.5) is 5.69 Å². The number of carbonyl (C=O) groups excluding carboxylic acids is 1. The van der Waals surface area contributed by atoms with Crippen LogP contribution >= 0.6 is 0 Å². The normalized spacial score (nSPS) is 12.0. The molecule has 0 bridgehead atoms. The molecule has 0 aromatic heterocycles. The minimum absolute atomic E-state index is 0.0529. The van der Waals surface area contributed by atoms with Gasteiger partial charge in [0.15, 0.2) is 6.54 Å². The number of hydrogen-bond donors (Lipinski definition) is 2. The van der Waals surface area contributed by atoms with Crippen LogP contribution in [-0.2, 0) is 11.3 Å². The zero-order valence-electron chi connectivity index (χ0n) is 12.9. The third-order valence-electron chi connectivity index (χ3n) is 3.48. The Balaban J connectivity index is 1.91.